The maximum Gasteiger partial charge on any atom is 0.241 e. The Morgan fingerprint density at radius 2 is 1.03 bits per heavy atom. The van der Waals surface area contributed by atoms with E-state index in [4.69, 9.17) is 0 Å². The average Bonchev–Trinajstić information content (AvgIpc) is 2.86. The second kappa shape index (κ2) is 9.85. The molecule has 0 heterocycles. The first-order chi connectivity index (χ1) is 16.0. The van der Waals surface area contributed by atoms with Gasteiger partial charge in [-0.05, 0) is 48.6 Å². The summed E-state index contributed by atoms with van der Waals surface area (Å²) in [6, 6.07) is 36.5. The Morgan fingerprint density at radius 1 is 0.636 bits per heavy atom. The van der Waals surface area contributed by atoms with Crippen molar-refractivity contribution >= 4 is 11.6 Å². The van der Waals surface area contributed by atoms with Crippen molar-refractivity contribution in [3.8, 4) is 0 Å². The molecule has 0 aliphatic heterocycles. The molecule has 1 amide bonds. The third kappa shape index (κ3) is 4.59. The minimum atomic E-state index is -0.693. The molecule has 4 aromatic carbocycles. The molecule has 4 rings (SSSR count). The van der Waals surface area contributed by atoms with Crippen molar-refractivity contribution in [2.45, 2.75) is 32.4 Å². The minimum absolute atomic E-state index is 0.0698. The highest BCUT2D eigenvalue weighted by molar-refractivity contribution is 5.96. The van der Waals surface area contributed by atoms with Crippen molar-refractivity contribution in [1.82, 2.24) is 5.32 Å². The molecule has 0 spiro atoms. The van der Waals surface area contributed by atoms with Gasteiger partial charge in [-0.2, -0.15) is 0 Å². The lowest BCUT2D eigenvalue weighted by atomic mass is 9.76. The highest BCUT2D eigenvalue weighted by atomic mass is 16.2. The van der Waals surface area contributed by atoms with Gasteiger partial charge in [0.1, 0.15) is 0 Å². The van der Waals surface area contributed by atoms with Crippen LogP contribution in [-0.2, 0) is 10.3 Å². The van der Waals surface area contributed by atoms with E-state index in [1.54, 1.807) is 0 Å². The Kier molecular flexibility index (Phi) is 6.71. The number of aryl methyl sites for hydroxylation is 2. The van der Waals surface area contributed by atoms with Gasteiger partial charge in [0.15, 0.2) is 0 Å². The van der Waals surface area contributed by atoms with Crippen LogP contribution in [0.25, 0.3) is 0 Å². The lowest BCUT2D eigenvalue weighted by Gasteiger charge is -2.39. The highest BCUT2D eigenvalue weighted by Crippen LogP contribution is 2.37. The number of hydrogen-bond acceptors (Lipinski definition) is 2. The molecule has 166 valence electrons. The van der Waals surface area contributed by atoms with E-state index in [1.165, 1.54) is 0 Å². The zero-order valence-corrected chi connectivity index (χ0v) is 19.4. The van der Waals surface area contributed by atoms with Crippen molar-refractivity contribution in [3.05, 3.63) is 137 Å². The lowest BCUT2D eigenvalue weighted by Crippen LogP contribution is -2.52. The van der Waals surface area contributed by atoms with E-state index in [2.05, 4.69) is 47.0 Å². The predicted octanol–water partition coefficient (Wildman–Crippen LogP) is 6.21. The normalized spacial score (nSPS) is 12.2. The van der Waals surface area contributed by atoms with Crippen molar-refractivity contribution in [3.63, 3.8) is 0 Å². The van der Waals surface area contributed by atoms with E-state index in [1.807, 2.05) is 93.6 Å². The fraction of sp³-hybridized carbons (Fsp3) is 0.167. The summed E-state index contributed by atoms with van der Waals surface area (Å²) in [5.41, 5.74) is 5.52. The molecule has 2 N–H and O–H groups in total. The van der Waals surface area contributed by atoms with Crippen LogP contribution in [0, 0.1) is 13.8 Å². The third-order valence-corrected chi connectivity index (χ3v) is 6.18. The number of carbonyl (C=O) groups is 1. The number of para-hydroxylation sites is 1. The van der Waals surface area contributed by atoms with E-state index >= 15 is 0 Å². The molecule has 3 heteroatoms. The number of carbonyl (C=O) groups excluding carboxylic acids is 1. The van der Waals surface area contributed by atoms with E-state index < -0.39 is 11.6 Å². The summed E-state index contributed by atoms with van der Waals surface area (Å²) in [6.07, 6.45) is 0. The molecule has 4 aromatic rings. The van der Waals surface area contributed by atoms with E-state index in [9.17, 15) is 4.79 Å². The molecule has 0 aliphatic rings. The fourth-order valence-electron chi connectivity index (χ4n) is 4.45. The van der Waals surface area contributed by atoms with Crippen LogP contribution in [-0.4, -0.2) is 11.9 Å². The zero-order valence-electron chi connectivity index (χ0n) is 19.4. The van der Waals surface area contributed by atoms with Gasteiger partial charge < -0.3 is 5.32 Å². The molecule has 0 aromatic heterocycles. The van der Waals surface area contributed by atoms with Gasteiger partial charge in [0.05, 0.1) is 11.6 Å². The number of rotatable bonds is 7. The van der Waals surface area contributed by atoms with Gasteiger partial charge in [-0.15, -0.1) is 0 Å². The monoisotopic (exact) mass is 434 g/mol. The maximum absolute atomic E-state index is 13.4. The van der Waals surface area contributed by atoms with Crippen LogP contribution < -0.4 is 10.6 Å². The smallest absolute Gasteiger partial charge is 0.241 e. The molecule has 0 aliphatic carbocycles. The largest absolute Gasteiger partial charge is 0.324 e. The number of nitrogens with one attached hydrogen (secondary N) is 2. The first-order valence-corrected chi connectivity index (χ1v) is 11.3. The SMILES string of the molecule is Cc1cccc(C)c1NC(=O)C(C)NC(c1ccccc1)(c1ccccc1)c1ccccc1. The Bertz CT molecular complexity index is 1090. The van der Waals surface area contributed by atoms with Crippen LogP contribution in [0.3, 0.4) is 0 Å². The number of hydrogen-bond donors (Lipinski definition) is 2. The van der Waals surface area contributed by atoms with Crippen molar-refractivity contribution in [1.29, 1.82) is 0 Å². The highest BCUT2D eigenvalue weighted by Gasteiger charge is 2.38. The van der Waals surface area contributed by atoms with Crippen molar-refractivity contribution in [2.75, 3.05) is 5.32 Å². The molecule has 3 nitrogen and oxygen atoms in total. The second-order valence-corrected chi connectivity index (χ2v) is 8.47. The van der Waals surface area contributed by atoms with Gasteiger partial charge in [-0.3, -0.25) is 10.1 Å². The van der Waals surface area contributed by atoms with Gasteiger partial charge in [0.25, 0.3) is 0 Å². The molecular weight excluding hydrogens is 404 g/mol. The Hall–Kier alpha value is -3.69. The second-order valence-electron chi connectivity index (χ2n) is 8.47. The molecule has 0 fully saturated rings. The molecular formula is C30H30N2O. The van der Waals surface area contributed by atoms with Crippen LogP contribution in [0.15, 0.2) is 109 Å². The zero-order chi connectivity index (χ0) is 23.3. The molecule has 0 radical (unpaired) electrons. The van der Waals surface area contributed by atoms with Crippen LogP contribution >= 0.6 is 0 Å². The molecule has 1 unspecified atom stereocenters. The Balaban J connectivity index is 1.79. The summed E-state index contributed by atoms with van der Waals surface area (Å²) < 4.78 is 0. The lowest BCUT2D eigenvalue weighted by molar-refractivity contribution is -0.118. The Morgan fingerprint density at radius 3 is 1.42 bits per heavy atom. The Labute approximate surface area is 196 Å². The number of anilines is 1. The summed E-state index contributed by atoms with van der Waals surface area (Å²) in [5.74, 6) is -0.0698. The molecule has 0 saturated heterocycles. The average molecular weight is 435 g/mol. The van der Waals surface area contributed by atoms with Gasteiger partial charge in [0, 0.05) is 5.69 Å². The standard InChI is InChI=1S/C30H30N2O/c1-22-14-13-15-23(2)28(22)31-29(33)24(3)32-30(25-16-7-4-8-17-25,26-18-9-5-10-19-26)27-20-11-6-12-21-27/h4-21,24,32H,1-3H3,(H,31,33). The summed E-state index contributed by atoms with van der Waals surface area (Å²) in [7, 11) is 0. The first-order valence-electron chi connectivity index (χ1n) is 11.3. The van der Waals surface area contributed by atoms with E-state index in [0.717, 1.165) is 33.5 Å². The summed E-state index contributed by atoms with van der Waals surface area (Å²) in [6.45, 7) is 5.96. The minimum Gasteiger partial charge on any atom is -0.324 e. The third-order valence-electron chi connectivity index (χ3n) is 6.18. The first kappa shape index (κ1) is 22.5. The topological polar surface area (TPSA) is 41.1 Å². The van der Waals surface area contributed by atoms with E-state index in [0.29, 0.717) is 0 Å². The molecule has 1 atom stereocenters. The van der Waals surface area contributed by atoms with Crippen LogP contribution in [0.5, 0.6) is 0 Å². The summed E-state index contributed by atoms with van der Waals surface area (Å²) in [4.78, 5) is 13.4. The quantitative estimate of drug-likeness (QED) is 0.339. The predicted molar refractivity (Wildman–Crippen MR) is 136 cm³/mol. The fourth-order valence-corrected chi connectivity index (χ4v) is 4.45. The number of amides is 1. The molecule has 0 saturated carbocycles. The van der Waals surface area contributed by atoms with Crippen LogP contribution in [0.1, 0.15) is 34.7 Å². The van der Waals surface area contributed by atoms with Crippen molar-refractivity contribution < 1.29 is 4.79 Å². The van der Waals surface area contributed by atoms with Crippen LogP contribution in [0.2, 0.25) is 0 Å². The van der Waals surface area contributed by atoms with Gasteiger partial charge in [-0.1, -0.05) is 109 Å². The van der Waals surface area contributed by atoms with Crippen LogP contribution in [0.4, 0.5) is 5.69 Å². The maximum atomic E-state index is 13.4. The van der Waals surface area contributed by atoms with Crippen molar-refractivity contribution in [2.24, 2.45) is 0 Å². The number of benzene rings is 4. The summed E-state index contributed by atoms with van der Waals surface area (Å²) in [5, 5.41) is 6.88. The summed E-state index contributed by atoms with van der Waals surface area (Å²) >= 11 is 0. The molecule has 0 bridgehead atoms. The van der Waals surface area contributed by atoms with Gasteiger partial charge >= 0.3 is 0 Å². The molecule has 33 heavy (non-hydrogen) atoms. The van der Waals surface area contributed by atoms with Gasteiger partial charge in [-0.25, -0.2) is 0 Å². The van der Waals surface area contributed by atoms with E-state index in [-0.39, 0.29) is 5.91 Å². The van der Waals surface area contributed by atoms with Gasteiger partial charge in [0.2, 0.25) is 5.91 Å².